The fourth-order valence-electron chi connectivity index (χ4n) is 0.965. The highest BCUT2D eigenvalue weighted by Gasteiger charge is 1.91. The van der Waals surface area contributed by atoms with Gasteiger partial charge in [-0.25, -0.2) is 0 Å². The number of carbonyl (C=O) groups is 1. The van der Waals surface area contributed by atoms with Crippen LogP contribution in [-0.2, 0) is 4.79 Å². The molecule has 1 aromatic heterocycles. The minimum absolute atomic E-state index is 0.0495. The predicted molar refractivity (Wildman–Crippen MR) is 50.3 cm³/mol. The largest absolute Gasteiger partial charge is 0.481 e. The van der Waals surface area contributed by atoms with E-state index in [1.54, 1.807) is 24.5 Å². The second-order valence-electron chi connectivity index (χ2n) is 2.80. The van der Waals surface area contributed by atoms with E-state index in [0.717, 1.165) is 11.1 Å². The van der Waals surface area contributed by atoms with Gasteiger partial charge < -0.3 is 5.11 Å². The average molecular weight is 177 g/mol. The molecule has 0 aromatic carbocycles. The predicted octanol–water partition coefficient (Wildman–Crippen LogP) is 1.88. The number of carboxylic acids is 1. The highest BCUT2D eigenvalue weighted by atomic mass is 16.4. The molecule has 0 saturated carbocycles. The summed E-state index contributed by atoms with van der Waals surface area (Å²) in [4.78, 5) is 14.2. The fraction of sp³-hybridized carbons (Fsp3) is 0.200. The molecule has 0 aliphatic carbocycles. The number of hydrogen-bond donors (Lipinski definition) is 1. The third kappa shape index (κ3) is 3.51. The Bertz CT molecular complexity index is 331. The summed E-state index contributed by atoms with van der Waals surface area (Å²) in [6.07, 6.45) is 6.88. The van der Waals surface area contributed by atoms with Gasteiger partial charge in [-0.05, 0) is 24.1 Å². The molecule has 0 unspecified atom stereocenters. The zero-order valence-corrected chi connectivity index (χ0v) is 7.40. The molecule has 1 rings (SSSR count). The Labute approximate surface area is 76.7 Å². The zero-order chi connectivity index (χ0) is 9.68. The Balaban J connectivity index is 2.63. The summed E-state index contributed by atoms with van der Waals surface area (Å²) in [6.45, 7) is 1.95. The second-order valence-corrected chi connectivity index (χ2v) is 2.80. The maximum atomic E-state index is 10.2. The van der Waals surface area contributed by atoms with Crippen molar-refractivity contribution in [3.8, 4) is 0 Å². The van der Waals surface area contributed by atoms with Crippen molar-refractivity contribution in [1.29, 1.82) is 0 Å². The van der Waals surface area contributed by atoms with Gasteiger partial charge >= 0.3 is 5.97 Å². The van der Waals surface area contributed by atoms with E-state index in [9.17, 15) is 4.79 Å². The molecule has 0 aliphatic rings. The van der Waals surface area contributed by atoms with Crippen molar-refractivity contribution < 1.29 is 9.90 Å². The third-order valence-electron chi connectivity index (χ3n) is 1.50. The van der Waals surface area contributed by atoms with Crippen molar-refractivity contribution in [3.63, 3.8) is 0 Å². The van der Waals surface area contributed by atoms with Crippen molar-refractivity contribution >= 4 is 12.0 Å². The first-order valence-electron chi connectivity index (χ1n) is 3.98. The molecule has 0 fully saturated rings. The minimum Gasteiger partial charge on any atom is -0.481 e. The molecule has 3 heteroatoms. The van der Waals surface area contributed by atoms with E-state index >= 15 is 0 Å². The Kier molecular flexibility index (Phi) is 3.20. The number of aliphatic carboxylic acids is 1. The Hall–Kier alpha value is -1.64. The molecule has 1 aromatic rings. The molecule has 0 saturated heterocycles. The van der Waals surface area contributed by atoms with Crippen LogP contribution in [0.2, 0.25) is 0 Å². The molecule has 0 amide bonds. The Morgan fingerprint density at radius 2 is 2.38 bits per heavy atom. The molecule has 0 atom stereocenters. The van der Waals surface area contributed by atoms with Crippen LogP contribution in [0.1, 0.15) is 17.5 Å². The first kappa shape index (κ1) is 9.45. The van der Waals surface area contributed by atoms with E-state index in [1.807, 2.05) is 13.0 Å². The fourth-order valence-corrected chi connectivity index (χ4v) is 0.965. The Morgan fingerprint density at radius 1 is 1.62 bits per heavy atom. The lowest BCUT2D eigenvalue weighted by Crippen LogP contribution is -1.89. The molecule has 68 valence electrons. The van der Waals surface area contributed by atoms with Crippen LogP contribution < -0.4 is 0 Å². The van der Waals surface area contributed by atoms with Gasteiger partial charge in [0.1, 0.15) is 0 Å². The van der Waals surface area contributed by atoms with Gasteiger partial charge in [0.2, 0.25) is 0 Å². The van der Waals surface area contributed by atoms with Gasteiger partial charge in [-0.3, -0.25) is 9.78 Å². The molecule has 0 spiro atoms. The molecule has 1 N–H and O–H groups in total. The van der Waals surface area contributed by atoms with E-state index in [4.69, 9.17) is 5.11 Å². The third-order valence-corrected chi connectivity index (χ3v) is 1.50. The Morgan fingerprint density at radius 3 is 3.00 bits per heavy atom. The molecular formula is C10H11NO2. The van der Waals surface area contributed by atoms with Crippen LogP contribution in [0.25, 0.3) is 6.08 Å². The van der Waals surface area contributed by atoms with E-state index in [0.29, 0.717) is 0 Å². The van der Waals surface area contributed by atoms with Crippen molar-refractivity contribution in [2.75, 3.05) is 0 Å². The normalized spacial score (nSPS) is 10.5. The van der Waals surface area contributed by atoms with Gasteiger partial charge in [-0.2, -0.15) is 0 Å². The quantitative estimate of drug-likeness (QED) is 0.766. The van der Waals surface area contributed by atoms with Crippen LogP contribution in [0.15, 0.2) is 24.5 Å². The van der Waals surface area contributed by atoms with Crippen LogP contribution in [0, 0.1) is 6.92 Å². The van der Waals surface area contributed by atoms with Crippen LogP contribution >= 0.6 is 0 Å². The van der Waals surface area contributed by atoms with Crippen molar-refractivity contribution in [3.05, 3.63) is 35.7 Å². The summed E-state index contributed by atoms with van der Waals surface area (Å²) in [5.74, 6) is -0.822. The lowest BCUT2D eigenvalue weighted by Gasteiger charge is -1.93. The lowest BCUT2D eigenvalue weighted by molar-refractivity contribution is -0.135. The van der Waals surface area contributed by atoms with Crippen molar-refractivity contribution in [2.24, 2.45) is 0 Å². The smallest absolute Gasteiger partial charge is 0.307 e. The van der Waals surface area contributed by atoms with Crippen LogP contribution in [-0.4, -0.2) is 16.1 Å². The number of nitrogens with zero attached hydrogens (tertiary/aromatic N) is 1. The molecular weight excluding hydrogens is 166 g/mol. The molecule has 0 bridgehead atoms. The summed E-state index contributed by atoms with van der Waals surface area (Å²) in [7, 11) is 0. The number of carboxylic acid groups (broad SMARTS) is 1. The van der Waals surface area contributed by atoms with Crippen molar-refractivity contribution in [1.82, 2.24) is 4.98 Å². The first-order chi connectivity index (χ1) is 6.18. The monoisotopic (exact) mass is 177 g/mol. The number of pyridine rings is 1. The van der Waals surface area contributed by atoms with E-state index in [1.165, 1.54) is 0 Å². The van der Waals surface area contributed by atoms with Crippen LogP contribution in [0.5, 0.6) is 0 Å². The zero-order valence-electron chi connectivity index (χ0n) is 7.40. The molecule has 1 heterocycles. The summed E-state index contributed by atoms with van der Waals surface area (Å²) >= 11 is 0. The molecule has 13 heavy (non-hydrogen) atoms. The van der Waals surface area contributed by atoms with Crippen LogP contribution in [0.4, 0.5) is 0 Å². The number of aromatic nitrogens is 1. The highest BCUT2D eigenvalue weighted by Crippen LogP contribution is 2.03. The lowest BCUT2D eigenvalue weighted by atomic mass is 10.2. The minimum atomic E-state index is -0.822. The maximum absolute atomic E-state index is 10.2. The van der Waals surface area contributed by atoms with Crippen LogP contribution in [0.3, 0.4) is 0 Å². The SMILES string of the molecule is Cc1cncc(C=CCC(=O)O)c1. The standard InChI is InChI=1S/C10H11NO2/c1-8-5-9(7-11-6-8)3-2-4-10(12)13/h2-3,5-7H,4H2,1H3,(H,12,13). The van der Waals surface area contributed by atoms with E-state index in [-0.39, 0.29) is 6.42 Å². The van der Waals surface area contributed by atoms with Gasteiger partial charge in [0, 0.05) is 12.4 Å². The second kappa shape index (κ2) is 4.40. The van der Waals surface area contributed by atoms with Gasteiger partial charge in [0.25, 0.3) is 0 Å². The molecule has 0 aliphatic heterocycles. The van der Waals surface area contributed by atoms with E-state index < -0.39 is 5.97 Å². The molecule has 3 nitrogen and oxygen atoms in total. The van der Waals surface area contributed by atoms with Gasteiger partial charge in [0.15, 0.2) is 0 Å². The van der Waals surface area contributed by atoms with Crippen molar-refractivity contribution in [2.45, 2.75) is 13.3 Å². The number of rotatable bonds is 3. The average Bonchev–Trinajstić information content (AvgIpc) is 2.03. The van der Waals surface area contributed by atoms with Gasteiger partial charge in [-0.15, -0.1) is 0 Å². The highest BCUT2D eigenvalue weighted by molar-refractivity contribution is 5.70. The van der Waals surface area contributed by atoms with Gasteiger partial charge in [-0.1, -0.05) is 12.2 Å². The van der Waals surface area contributed by atoms with Gasteiger partial charge in [0.05, 0.1) is 6.42 Å². The summed E-state index contributed by atoms with van der Waals surface area (Å²) in [5, 5.41) is 8.38. The summed E-state index contributed by atoms with van der Waals surface area (Å²) in [5.41, 5.74) is 2.00. The molecule has 0 radical (unpaired) electrons. The van der Waals surface area contributed by atoms with E-state index in [2.05, 4.69) is 4.98 Å². The summed E-state index contributed by atoms with van der Waals surface area (Å²) in [6, 6.07) is 1.95. The number of aryl methyl sites for hydroxylation is 1. The topological polar surface area (TPSA) is 50.2 Å². The first-order valence-corrected chi connectivity index (χ1v) is 3.98. The number of hydrogen-bond acceptors (Lipinski definition) is 2. The summed E-state index contributed by atoms with van der Waals surface area (Å²) < 4.78 is 0. The maximum Gasteiger partial charge on any atom is 0.307 e.